The zero-order chi connectivity index (χ0) is 37.5. The molecule has 0 aliphatic carbocycles. The molecule has 0 saturated carbocycles. The smallest absolute Gasteiger partial charge is 0.143 e. The lowest BCUT2D eigenvalue weighted by Crippen LogP contribution is -2.37. The third-order valence-electron chi connectivity index (χ3n) is 10.6. The number of hydrogen-bond acceptors (Lipinski definition) is 4. The van der Waals surface area contributed by atoms with Gasteiger partial charge in [-0.05, 0) is 64.3 Å². The van der Waals surface area contributed by atoms with Gasteiger partial charge in [-0.2, -0.15) is 0 Å². The Morgan fingerprint density at radius 2 is 0.849 bits per heavy atom. The van der Waals surface area contributed by atoms with Crippen LogP contribution >= 0.6 is 0 Å². The van der Waals surface area contributed by atoms with Gasteiger partial charge in [0.1, 0.15) is 11.9 Å². The molecule has 0 aliphatic rings. The molecular formula is C49H58O4. The predicted octanol–water partition coefficient (Wildman–Crippen LogP) is 11.3. The first kappa shape index (κ1) is 39.8. The zero-order valence-electron chi connectivity index (χ0n) is 32.2. The van der Waals surface area contributed by atoms with Crippen molar-refractivity contribution in [1.29, 1.82) is 0 Å². The summed E-state index contributed by atoms with van der Waals surface area (Å²) in [6.45, 7) is 12.7. The number of carbonyl (C=O) groups is 1. The molecule has 0 unspecified atom stereocenters. The molecule has 0 saturated heterocycles. The molecule has 5 aromatic rings. The van der Waals surface area contributed by atoms with Gasteiger partial charge in [0.25, 0.3) is 0 Å². The van der Waals surface area contributed by atoms with Gasteiger partial charge in [0.2, 0.25) is 0 Å². The Morgan fingerprint density at radius 3 is 1.26 bits per heavy atom. The molecule has 5 aromatic carbocycles. The van der Waals surface area contributed by atoms with Crippen molar-refractivity contribution in [3.63, 3.8) is 0 Å². The lowest BCUT2D eigenvalue weighted by molar-refractivity contribution is -0.119. The number of hydrogen-bond donors (Lipinski definition) is 0. The minimum absolute atomic E-state index is 0.00328. The Balaban J connectivity index is 1.34. The third-order valence-corrected chi connectivity index (χ3v) is 10.6. The Bertz CT molecular complexity index is 1630. The molecule has 0 amide bonds. The number of benzene rings is 5. The van der Waals surface area contributed by atoms with Crippen LogP contribution in [0.5, 0.6) is 0 Å². The van der Waals surface area contributed by atoms with Crippen molar-refractivity contribution >= 4 is 6.29 Å². The molecule has 0 bridgehead atoms. The highest BCUT2D eigenvalue weighted by molar-refractivity contribution is 5.54. The van der Waals surface area contributed by atoms with Gasteiger partial charge >= 0.3 is 0 Å². The maximum absolute atomic E-state index is 12.1. The topological polar surface area (TPSA) is 44.8 Å². The van der Waals surface area contributed by atoms with E-state index in [9.17, 15) is 4.79 Å². The van der Waals surface area contributed by atoms with Gasteiger partial charge in [-0.15, -0.1) is 0 Å². The lowest BCUT2D eigenvalue weighted by atomic mass is 9.79. The molecule has 0 N–H and O–H groups in total. The van der Waals surface area contributed by atoms with Gasteiger partial charge in [0.05, 0.1) is 32.0 Å². The van der Waals surface area contributed by atoms with Crippen molar-refractivity contribution in [2.75, 3.05) is 6.61 Å². The summed E-state index contributed by atoms with van der Waals surface area (Å²) in [5, 5.41) is 0. The summed E-state index contributed by atoms with van der Waals surface area (Å²) >= 11 is 0. The quantitative estimate of drug-likeness (QED) is 0.0562. The first-order chi connectivity index (χ1) is 25.8. The van der Waals surface area contributed by atoms with Gasteiger partial charge in [-0.25, -0.2) is 0 Å². The first-order valence-corrected chi connectivity index (χ1v) is 19.4. The first-order valence-electron chi connectivity index (χ1n) is 19.4. The van der Waals surface area contributed by atoms with E-state index in [1.54, 1.807) is 0 Å². The fourth-order valence-electron chi connectivity index (χ4n) is 8.06. The summed E-state index contributed by atoms with van der Waals surface area (Å²) in [5.41, 5.74) is 4.85. The molecule has 0 fully saturated rings. The maximum Gasteiger partial charge on any atom is 0.143 e. The van der Waals surface area contributed by atoms with Crippen LogP contribution < -0.4 is 0 Å². The predicted molar refractivity (Wildman–Crippen MR) is 216 cm³/mol. The number of aldehydes is 1. The summed E-state index contributed by atoms with van der Waals surface area (Å²) in [6, 6.07) is 52.4. The van der Waals surface area contributed by atoms with Crippen LogP contribution in [0.4, 0.5) is 0 Å². The SMILES string of the molecule is C[C@@H](COC(c1ccccc1)(c1ccccc1)c1ccccc1)C[C@@H](C)[C@H](OCc1ccccc1)[C@H](C)C[C@@H](C)[C@H](OCc1ccccc1)[C@@H](C)C=O. The van der Waals surface area contributed by atoms with Crippen molar-refractivity contribution in [2.24, 2.45) is 29.6 Å². The third kappa shape index (κ3) is 10.9. The van der Waals surface area contributed by atoms with Crippen LogP contribution in [0.2, 0.25) is 0 Å². The summed E-state index contributed by atoms with van der Waals surface area (Å²) in [7, 11) is 0. The second-order valence-electron chi connectivity index (χ2n) is 15.1. The molecule has 4 heteroatoms. The molecule has 0 spiro atoms. The van der Waals surface area contributed by atoms with Gasteiger partial charge in [0, 0.05) is 5.92 Å². The van der Waals surface area contributed by atoms with E-state index in [1.165, 1.54) is 5.56 Å². The molecule has 4 nitrogen and oxygen atoms in total. The standard InChI is InChI=1S/C49H58O4/c1-37(34-53-49(44-25-15-8-16-26-44,45-27-17-9-18-28-45)46-29-19-10-20-30-46)31-38(2)47(51-35-42-21-11-6-12-22-42)39(3)32-40(4)48(41(5)33-50)52-36-43-23-13-7-14-24-43/h6-30,33,37-41,47-48H,31-32,34-36H2,1-5H3/t37-,38-,39-,40-,41+,47+,48+/m1/s1. The minimum atomic E-state index is -0.753. The van der Waals surface area contributed by atoms with E-state index in [1.807, 2.05) is 31.2 Å². The van der Waals surface area contributed by atoms with Gasteiger partial charge in [-0.3, -0.25) is 0 Å². The fraction of sp³-hybridized carbons (Fsp3) is 0.367. The van der Waals surface area contributed by atoms with E-state index in [0.717, 1.165) is 41.4 Å². The maximum atomic E-state index is 12.1. The summed E-state index contributed by atoms with van der Waals surface area (Å²) in [6.07, 6.45) is 2.67. The molecule has 7 atom stereocenters. The van der Waals surface area contributed by atoms with E-state index in [4.69, 9.17) is 14.2 Å². The number of carbonyl (C=O) groups excluding carboxylic acids is 1. The summed E-state index contributed by atoms with van der Waals surface area (Å²) in [4.78, 5) is 12.1. The Morgan fingerprint density at radius 1 is 0.491 bits per heavy atom. The van der Waals surface area contributed by atoms with E-state index >= 15 is 0 Å². The summed E-state index contributed by atoms with van der Waals surface area (Å²) in [5.74, 6) is 0.693. The average Bonchev–Trinajstić information content (AvgIpc) is 3.20. The molecule has 0 aliphatic heterocycles. The van der Waals surface area contributed by atoms with Crippen LogP contribution in [-0.2, 0) is 37.8 Å². The lowest BCUT2D eigenvalue weighted by Gasteiger charge is -2.38. The van der Waals surface area contributed by atoms with Crippen LogP contribution in [0.25, 0.3) is 0 Å². The van der Waals surface area contributed by atoms with Crippen molar-refractivity contribution in [2.45, 2.75) is 78.5 Å². The van der Waals surface area contributed by atoms with Crippen molar-refractivity contribution in [3.05, 3.63) is 179 Å². The normalized spacial score (nSPS) is 15.8. The molecular weight excluding hydrogens is 653 g/mol. The second-order valence-corrected chi connectivity index (χ2v) is 15.1. The number of ether oxygens (including phenoxy) is 3. The minimum Gasteiger partial charge on any atom is -0.373 e. The number of rotatable bonds is 21. The van der Waals surface area contributed by atoms with E-state index in [-0.39, 0.29) is 41.8 Å². The molecule has 0 aromatic heterocycles. The van der Waals surface area contributed by atoms with Crippen LogP contribution in [0.3, 0.4) is 0 Å². The monoisotopic (exact) mass is 710 g/mol. The Labute approximate surface area is 318 Å². The molecule has 0 radical (unpaired) electrons. The molecule has 5 rings (SSSR count). The van der Waals surface area contributed by atoms with E-state index in [0.29, 0.717) is 19.8 Å². The highest BCUT2D eigenvalue weighted by Crippen LogP contribution is 2.41. The zero-order valence-corrected chi connectivity index (χ0v) is 32.2. The van der Waals surface area contributed by atoms with Crippen LogP contribution in [0.15, 0.2) is 152 Å². The van der Waals surface area contributed by atoms with Crippen molar-refractivity contribution in [1.82, 2.24) is 0 Å². The van der Waals surface area contributed by atoms with Crippen molar-refractivity contribution in [3.8, 4) is 0 Å². The van der Waals surface area contributed by atoms with E-state index < -0.39 is 5.60 Å². The molecule has 0 heterocycles. The van der Waals surface area contributed by atoms with Gasteiger partial charge < -0.3 is 19.0 Å². The largest absolute Gasteiger partial charge is 0.373 e. The highest BCUT2D eigenvalue weighted by Gasteiger charge is 2.38. The summed E-state index contributed by atoms with van der Waals surface area (Å²) < 4.78 is 20.5. The van der Waals surface area contributed by atoms with Gasteiger partial charge in [0.15, 0.2) is 0 Å². The molecule has 53 heavy (non-hydrogen) atoms. The second kappa shape index (κ2) is 20.2. The van der Waals surface area contributed by atoms with E-state index in [2.05, 4.69) is 155 Å². The average molecular weight is 711 g/mol. The van der Waals surface area contributed by atoms with Gasteiger partial charge in [-0.1, -0.05) is 186 Å². The highest BCUT2D eigenvalue weighted by atomic mass is 16.5. The fourth-order valence-corrected chi connectivity index (χ4v) is 8.06. The Kier molecular flexibility index (Phi) is 15.2. The van der Waals surface area contributed by atoms with Crippen LogP contribution in [0.1, 0.15) is 75.3 Å². The Hall–Kier alpha value is -4.35. The molecule has 278 valence electrons. The van der Waals surface area contributed by atoms with Crippen LogP contribution in [-0.4, -0.2) is 25.1 Å². The van der Waals surface area contributed by atoms with Crippen molar-refractivity contribution < 1.29 is 19.0 Å². The van der Waals surface area contributed by atoms with Crippen LogP contribution in [0, 0.1) is 29.6 Å².